The fourth-order valence-corrected chi connectivity index (χ4v) is 2.89. The van der Waals surface area contributed by atoms with Gasteiger partial charge in [-0.25, -0.2) is 0 Å². The van der Waals surface area contributed by atoms with Crippen LogP contribution in [0.3, 0.4) is 0 Å². The minimum absolute atomic E-state index is 0.0129. The third-order valence-corrected chi connectivity index (χ3v) is 4.32. The standard InChI is InChI=1S/C20H16N2O4/c1-12-3-5-14(6-4-12)19-18-17(23)11-16(22(24)20(18)26-21-19)13-7-9-15(25-2)10-8-13/h3-11,24H,1-2H3. The van der Waals surface area contributed by atoms with Gasteiger partial charge in [-0.15, -0.1) is 4.73 Å². The lowest BCUT2D eigenvalue weighted by atomic mass is 10.1. The molecule has 0 fully saturated rings. The number of fused-ring (bicyclic) bond motifs is 1. The van der Waals surface area contributed by atoms with Crippen molar-refractivity contribution < 1.29 is 14.5 Å². The van der Waals surface area contributed by atoms with E-state index in [9.17, 15) is 10.0 Å². The van der Waals surface area contributed by atoms with E-state index in [0.29, 0.717) is 22.7 Å². The Labute approximate surface area is 148 Å². The van der Waals surface area contributed by atoms with Gasteiger partial charge in [-0.2, -0.15) is 0 Å². The SMILES string of the molecule is COc1ccc(-c2cc(=O)c3c(-c4ccc(C)cc4)noc3n2O)cc1. The molecule has 1 N–H and O–H groups in total. The monoisotopic (exact) mass is 348 g/mol. The minimum atomic E-state index is -0.270. The number of rotatable bonds is 3. The maximum Gasteiger partial charge on any atom is 0.276 e. The first-order valence-corrected chi connectivity index (χ1v) is 8.04. The van der Waals surface area contributed by atoms with Gasteiger partial charge in [0, 0.05) is 17.2 Å². The number of hydrogen-bond acceptors (Lipinski definition) is 5. The molecule has 6 nitrogen and oxygen atoms in total. The molecule has 26 heavy (non-hydrogen) atoms. The van der Waals surface area contributed by atoms with Crippen molar-refractivity contribution in [3.8, 4) is 28.3 Å². The zero-order valence-corrected chi connectivity index (χ0v) is 14.3. The predicted molar refractivity (Wildman–Crippen MR) is 97.6 cm³/mol. The lowest BCUT2D eigenvalue weighted by Gasteiger charge is -2.08. The first-order chi connectivity index (χ1) is 12.6. The molecule has 4 rings (SSSR count). The number of aryl methyl sites for hydroxylation is 1. The molecule has 2 aromatic carbocycles. The van der Waals surface area contributed by atoms with Gasteiger partial charge in [-0.3, -0.25) is 4.79 Å². The van der Waals surface area contributed by atoms with E-state index in [2.05, 4.69) is 5.16 Å². The molecule has 2 heterocycles. The Morgan fingerprint density at radius 2 is 1.69 bits per heavy atom. The zero-order valence-electron chi connectivity index (χ0n) is 14.3. The van der Waals surface area contributed by atoms with Crippen molar-refractivity contribution in [3.05, 3.63) is 70.4 Å². The fourth-order valence-electron chi connectivity index (χ4n) is 2.89. The van der Waals surface area contributed by atoms with Crippen LogP contribution in [0.4, 0.5) is 0 Å². The molecule has 0 saturated heterocycles. The Kier molecular flexibility index (Phi) is 3.73. The second-order valence-corrected chi connectivity index (χ2v) is 6.01. The molecule has 0 saturated carbocycles. The zero-order chi connectivity index (χ0) is 18.3. The molecular weight excluding hydrogens is 332 g/mol. The fraction of sp³-hybridized carbons (Fsp3) is 0.100. The highest BCUT2D eigenvalue weighted by Crippen LogP contribution is 2.29. The summed E-state index contributed by atoms with van der Waals surface area (Å²) in [4.78, 5) is 12.7. The van der Waals surface area contributed by atoms with Gasteiger partial charge in [-0.1, -0.05) is 35.0 Å². The lowest BCUT2D eigenvalue weighted by Crippen LogP contribution is -2.09. The van der Waals surface area contributed by atoms with E-state index in [1.54, 1.807) is 31.4 Å². The summed E-state index contributed by atoms with van der Waals surface area (Å²) in [7, 11) is 1.57. The topological polar surface area (TPSA) is 77.5 Å². The van der Waals surface area contributed by atoms with Crippen molar-refractivity contribution in [2.24, 2.45) is 0 Å². The van der Waals surface area contributed by atoms with Crippen LogP contribution in [0, 0.1) is 6.92 Å². The summed E-state index contributed by atoms with van der Waals surface area (Å²) in [6.45, 7) is 1.98. The van der Waals surface area contributed by atoms with Crippen LogP contribution >= 0.6 is 0 Å². The third-order valence-electron chi connectivity index (χ3n) is 4.32. The quantitative estimate of drug-likeness (QED) is 0.569. The number of pyridine rings is 1. The molecule has 0 unspecified atom stereocenters. The summed E-state index contributed by atoms with van der Waals surface area (Å²) in [6, 6.07) is 16.0. The van der Waals surface area contributed by atoms with Gasteiger partial charge >= 0.3 is 0 Å². The second-order valence-electron chi connectivity index (χ2n) is 6.01. The van der Waals surface area contributed by atoms with Crippen molar-refractivity contribution in [3.63, 3.8) is 0 Å². The van der Waals surface area contributed by atoms with Crippen LogP contribution in [0.1, 0.15) is 5.56 Å². The van der Waals surface area contributed by atoms with Crippen LogP contribution < -0.4 is 10.2 Å². The van der Waals surface area contributed by atoms with E-state index in [1.165, 1.54) is 6.07 Å². The van der Waals surface area contributed by atoms with E-state index in [1.807, 2.05) is 31.2 Å². The van der Waals surface area contributed by atoms with Crippen molar-refractivity contribution in [2.75, 3.05) is 7.11 Å². The van der Waals surface area contributed by atoms with Gasteiger partial charge in [0.2, 0.25) is 0 Å². The molecule has 0 aliphatic heterocycles. The summed E-state index contributed by atoms with van der Waals surface area (Å²) in [6.07, 6.45) is 0. The van der Waals surface area contributed by atoms with E-state index in [0.717, 1.165) is 15.9 Å². The van der Waals surface area contributed by atoms with Gasteiger partial charge in [0.05, 0.1) is 12.8 Å². The van der Waals surface area contributed by atoms with Crippen LogP contribution in [-0.4, -0.2) is 22.2 Å². The lowest BCUT2D eigenvalue weighted by molar-refractivity contribution is 0.185. The number of methoxy groups -OCH3 is 1. The molecule has 0 spiro atoms. The van der Waals surface area contributed by atoms with Crippen molar-refractivity contribution in [1.29, 1.82) is 0 Å². The van der Waals surface area contributed by atoms with Gasteiger partial charge in [0.25, 0.3) is 5.71 Å². The van der Waals surface area contributed by atoms with Crippen molar-refractivity contribution in [2.45, 2.75) is 6.92 Å². The number of aromatic nitrogens is 2. The average Bonchev–Trinajstić information content (AvgIpc) is 3.11. The van der Waals surface area contributed by atoms with E-state index >= 15 is 0 Å². The van der Waals surface area contributed by atoms with Gasteiger partial charge in [0.15, 0.2) is 5.43 Å². The minimum Gasteiger partial charge on any atom is -0.497 e. The smallest absolute Gasteiger partial charge is 0.276 e. The number of nitrogens with zero attached hydrogens (tertiary/aromatic N) is 2. The largest absolute Gasteiger partial charge is 0.497 e. The van der Waals surface area contributed by atoms with Crippen molar-refractivity contribution >= 4 is 11.1 Å². The van der Waals surface area contributed by atoms with Gasteiger partial charge < -0.3 is 14.5 Å². The molecule has 0 atom stereocenters. The van der Waals surface area contributed by atoms with Gasteiger partial charge in [-0.05, 0) is 31.2 Å². The highest BCUT2D eigenvalue weighted by Gasteiger charge is 2.19. The summed E-state index contributed by atoms with van der Waals surface area (Å²) >= 11 is 0. The van der Waals surface area contributed by atoms with Crippen LogP contribution in [-0.2, 0) is 0 Å². The summed E-state index contributed by atoms with van der Waals surface area (Å²) in [5, 5.41) is 14.8. The molecule has 0 bridgehead atoms. The van der Waals surface area contributed by atoms with Crippen LogP contribution in [0.25, 0.3) is 33.6 Å². The summed E-state index contributed by atoms with van der Waals surface area (Å²) in [5.74, 6) is 0.683. The first-order valence-electron chi connectivity index (χ1n) is 8.04. The highest BCUT2D eigenvalue weighted by atomic mass is 16.5. The molecule has 0 aliphatic rings. The van der Waals surface area contributed by atoms with E-state index in [-0.39, 0.29) is 16.5 Å². The Morgan fingerprint density at radius 1 is 1.04 bits per heavy atom. The predicted octanol–water partition coefficient (Wildman–Crippen LogP) is 3.88. The van der Waals surface area contributed by atoms with Crippen LogP contribution in [0.2, 0.25) is 0 Å². The molecule has 0 radical (unpaired) electrons. The summed E-state index contributed by atoms with van der Waals surface area (Å²) < 4.78 is 11.3. The third kappa shape index (κ3) is 2.52. The maximum atomic E-state index is 12.7. The van der Waals surface area contributed by atoms with Crippen LogP contribution in [0.5, 0.6) is 5.75 Å². The number of ether oxygens (including phenoxy) is 1. The molecule has 0 aliphatic carbocycles. The molecule has 130 valence electrons. The Balaban J connectivity index is 1.90. The average molecular weight is 348 g/mol. The van der Waals surface area contributed by atoms with Crippen molar-refractivity contribution in [1.82, 2.24) is 9.89 Å². The first kappa shape index (κ1) is 16.0. The summed E-state index contributed by atoms with van der Waals surface area (Å²) in [5.41, 5.74) is 2.98. The van der Waals surface area contributed by atoms with Crippen LogP contribution in [0.15, 0.2) is 63.9 Å². The van der Waals surface area contributed by atoms with E-state index in [4.69, 9.17) is 9.26 Å². The molecular formula is C20H16N2O4. The maximum absolute atomic E-state index is 12.7. The molecule has 2 aromatic heterocycles. The number of hydrogen-bond donors (Lipinski definition) is 1. The molecule has 6 heteroatoms. The van der Waals surface area contributed by atoms with E-state index < -0.39 is 0 Å². The second kappa shape index (κ2) is 6.07. The van der Waals surface area contributed by atoms with Gasteiger partial charge in [0.1, 0.15) is 16.8 Å². The normalized spacial score (nSPS) is 11.0. The molecule has 0 amide bonds. The highest BCUT2D eigenvalue weighted by molar-refractivity contribution is 5.90. The Bertz CT molecular complexity index is 1140. The Hall–Kier alpha value is -3.54. The molecule has 4 aromatic rings. The Morgan fingerprint density at radius 3 is 2.35 bits per heavy atom. The number of benzene rings is 2.